The van der Waals surface area contributed by atoms with Gasteiger partial charge in [-0.1, -0.05) is 30.3 Å². The van der Waals surface area contributed by atoms with Crippen molar-refractivity contribution in [2.45, 2.75) is 13.0 Å². The molecule has 0 amide bonds. The molecular weight excluding hydrogens is 188 g/mol. The quantitative estimate of drug-likeness (QED) is 0.545. The molecule has 0 radical (unpaired) electrons. The summed E-state index contributed by atoms with van der Waals surface area (Å²) in [5.41, 5.74) is 1.13. The second-order valence-electron chi connectivity index (χ2n) is 3.40. The number of rotatable bonds is 5. The van der Waals surface area contributed by atoms with Crippen LogP contribution in [-0.2, 0) is 4.74 Å². The molecule has 1 aromatic carbocycles. The van der Waals surface area contributed by atoms with Gasteiger partial charge in [-0.2, -0.15) is 5.10 Å². The second-order valence-corrected chi connectivity index (χ2v) is 3.40. The Hall–Kier alpha value is -1.35. The van der Waals surface area contributed by atoms with Crippen molar-refractivity contribution in [1.29, 1.82) is 0 Å². The lowest BCUT2D eigenvalue weighted by Crippen LogP contribution is -2.09. The van der Waals surface area contributed by atoms with Crippen molar-refractivity contribution < 1.29 is 4.74 Å². The molecule has 3 nitrogen and oxygen atoms in total. The van der Waals surface area contributed by atoms with Gasteiger partial charge in [0.15, 0.2) is 0 Å². The minimum atomic E-state index is -0.0569. The molecule has 15 heavy (non-hydrogen) atoms. The van der Waals surface area contributed by atoms with Crippen molar-refractivity contribution in [3.05, 3.63) is 35.9 Å². The first-order chi connectivity index (χ1) is 7.24. The molecule has 0 bridgehead atoms. The van der Waals surface area contributed by atoms with Crippen LogP contribution in [-0.4, -0.2) is 31.9 Å². The average molecular weight is 206 g/mol. The topological polar surface area (TPSA) is 24.8 Å². The normalized spacial score (nSPS) is 13.0. The SMILES string of the molecule is CCOC(C=NN(C)C)c1ccccc1. The van der Waals surface area contributed by atoms with E-state index < -0.39 is 0 Å². The summed E-state index contributed by atoms with van der Waals surface area (Å²) >= 11 is 0. The van der Waals surface area contributed by atoms with E-state index in [1.165, 1.54) is 0 Å². The molecule has 1 atom stereocenters. The van der Waals surface area contributed by atoms with Crippen molar-refractivity contribution in [2.24, 2.45) is 5.10 Å². The number of hydrogen-bond acceptors (Lipinski definition) is 3. The number of benzene rings is 1. The number of hydrazone groups is 1. The summed E-state index contributed by atoms with van der Waals surface area (Å²) in [5.74, 6) is 0. The molecule has 1 unspecified atom stereocenters. The number of hydrogen-bond donors (Lipinski definition) is 0. The molecule has 1 aromatic rings. The second kappa shape index (κ2) is 6.19. The summed E-state index contributed by atoms with van der Waals surface area (Å²) < 4.78 is 5.60. The highest BCUT2D eigenvalue weighted by molar-refractivity contribution is 5.65. The third-order valence-corrected chi connectivity index (χ3v) is 1.91. The molecule has 0 saturated carbocycles. The molecule has 3 heteroatoms. The minimum Gasteiger partial charge on any atom is -0.368 e. The molecule has 0 heterocycles. The van der Waals surface area contributed by atoms with E-state index in [0.29, 0.717) is 6.61 Å². The van der Waals surface area contributed by atoms with Crippen LogP contribution in [0.1, 0.15) is 18.6 Å². The maximum atomic E-state index is 5.60. The first-order valence-corrected chi connectivity index (χ1v) is 5.12. The molecule has 82 valence electrons. The maximum absolute atomic E-state index is 5.60. The predicted octanol–water partition coefficient (Wildman–Crippen LogP) is 2.31. The lowest BCUT2D eigenvalue weighted by atomic mass is 10.1. The van der Waals surface area contributed by atoms with E-state index in [9.17, 15) is 0 Å². The summed E-state index contributed by atoms with van der Waals surface area (Å²) in [7, 11) is 3.79. The van der Waals surface area contributed by atoms with Crippen LogP contribution < -0.4 is 0 Å². The largest absolute Gasteiger partial charge is 0.368 e. The first-order valence-electron chi connectivity index (χ1n) is 5.12. The fourth-order valence-corrected chi connectivity index (χ4v) is 1.24. The van der Waals surface area contributed by atoms with Crippen LogP contribution in [0.25, 0.3) is 0 Å². The van der Waals surface area contributed by atoms with Crippen molar-refractivity contribution in [3.8, 4) is 0 Å². The van der Waals surface area contributed by atoms with Crippen LogP contribution in [0.3, 0.4) is 0 Å². The van der Waals surface area contributed by atoms with Gasteiger partial charge in [-0.25, -0.2) is 0 Å². The molecule has 0 aromatic heterocycles. The molecule has 0 fully saturated rings. The highest BCUT2D eigenvalue weighted by Gasteiger charge is 2.07. The Bertz CT molecular complexity index is 296. The monoisotopic (exact) mass is 206 g/mol. The van der Waals surface area contributed by atoms with Gasteiger partial charge in [-0.05, 0) is 12.5 Å². The van der Waals surface area contributed by atoms with Gasteiger partial charge in [0.25, 0.3) is 0 Å². The first kappa shape index (κ1) is 11.7. The van der Waals surface area contributed by atoms with E-state index >= 15 is 0 Å². The molecule has 0 aliphatic carbocycles. The van der Waals surface area contributed by atoms with Crippen molar-refractivity contribution in [1.82, 2.24) is 5.01 Å². The van der Waals surface area contributed by atoms with E-state index in [2.05, 4.69) is 5.10 Å². The Labute approximate surface area is 91.4 Å². The third kappa shape index (κ3) is 4.13. The van der Waals surface area contributed by atoms with E-state index in [4.69, 9.17) is 4.74 Å². The van der Waals surface area contributed by atoms with Crippen molar-refractivity contribution >= 4 is 6.21 Å². The Balaban J connectivity index is 2.74. The van der Waals surface area contributed by atoms with Crippen LogP contribution in [0.2, 0.25) is 0 Å². The van der Waals surface area contributed by atoms with Crippen LogP contribution in [0, 0.1) is 0 Å². The molecule has 1 rings (SSSR count). The molecule has 0 aliphatic heterocycles. The maximum Gasteiger partial charge on any atom is 0.119 e. The van der Waals surface area contributed by atoms with Gasteiger partial charge in [-0.3, -0.25) is 0 Å². The van der Waals surface area contributed by atoms with Gasteiger partial charge in [0.05, 0.1) is 6.21 Å². The zero-order chi connectivity index (χ0) is 11.1. The van der Waals surface area contributed by atoms with Crippen LogP contribution in [0.15, 0.2) is 35.4 Å². The van der Waals surface area contributed by atoms with Gasteiger partial charge in [-0.15, -0.1) is 0 Å². The van der Waals surface area contributed by atoms with E-state index in [1.54, 1.807) is 5.01 Å². The van der Waals surface area contributed by atoms with E-state index in [0.717, 1.165) is 5.56 Å². The summed E-state index contributed by atoms with van der Waals surface area (Å²) in [6, 6.07) is 10.1. The van der Waals surface area contributed by atoms with Crippen LogP contribution in [0.4, 0.5) is 0 Å². The zero-order valence-electron chi connectivity index (χ0n) is 9.55. The fourth-order valence-electron chi connectivity index (χ4n) is 1.24. The lowest BCUT2D eigenvalue weighted by Gasteiger charge is -2.13. The van der Waals surface area contributed by atoms with Gasteiger partial charge in [0.1, 0.15) is 6.10 Å². The summed E-state index contributed by atoms with van der Waals surface area (Å²) in [6.45, 7) is 2.67. The fraction of sp³-hybridized carbons (Fsp3) is 0.417. The third-order valence-electron chi connectivity index (χ3n) is 1.91. The molecule has 0 saturated heterocycles. The Morgan fingerprint density at radius 2 is 2.00 bits per heavy atom. The minimum absolute atomic E-state index is 0.0569. The molecule has 0 N–H and O–H groups in total. The summed E-state index contributed by atoms with van der Waals surface area (Å²) in [4.78, 5) is 0. The van der Waals surface area contributed by atoms with Crippen molar-refractivity contribution in [3.63, 3.8) is 0 Å². The smallest absolute Gasteiger partial charge is 0.119 e. The highest BCUT2D eigenvalue weighted by atomic mass is 16.5. The van der Waals surface area contributed by atoms with Crippen molar-refractivity contribution in [2.75, 3.05) is 20.7 Å². The Kier molecular flexibility index (Phi) is 4.84. The average Bonchev–Trinajstić information content (AvgIpc) is 2.25. The molecular formula is C12H18N2O. The number of nitrogens with zero attached hydrogens (tertiary/aromatic N) is 2. The van der Waals surface area contributed by atoms with E-state index in [1.807, 2.05) is 57.6 Å². The Morgan fingerprint density at radius 1 is 1.33 bits per heavy atom. The standard InChI is InChI=1S/C12H18N2O/c1-4-15-12(10-13-14(2)3)11-8-6-5-7-9-11/h5-10,12H,4H2,1-3H3. The summed E-state index contributed by atoms with van der Waals surface area (Å²) in [6.07, 6.45) is 1.76. The van der Waals surface area contributed by atoms with Gasteiger partial charge < -0.3 is 9.75 Å². The predicted molar refractivity (Wildman–Crippen MR) is 63.0 cm³/mol. The number of ether oxygens (including phenoxy) is 1. The highest BCUT2D eigenvalue weighted by Crippen LogP contribution is 2.14. The van der Waals surface area contributed by atoms with Gasteiger partial charge in [0.2, 0.25) is 0 Å². The molecule has 0 spiro atoms. The molecule has 0 aliphatic rings. The van der Waals surface area contributed by atoms with E-state index in [-0.39, 0.29) is 6.10 Å². The zero-order valence-corrected chi connectivity index (χ0v) is 9.55. The summed E-state index contributed by atoms with van der Waals surface area (Å²) in [5, 5.41) is 5.96. The van der Waals surface area contributed by atoms with Crippen LogP contribution in [0.5, 0.6) is 0 Å². The van der Waals surface area contributed by atoms with Gasteiger partial charge in [0, 0.05) is 20.7 Å². The van der Waals surface area contributed by atoms with Gasteiger partial charge >= 0.3 is 0 Å². The Morgan fingerprint density at radius 3 is 2.53 bits per heavy atom. The van der Waals surface area contributed by atoms with Crippen LogP contribution >= 0.6 is 0 Å². The lowest BCUT2D eigenvalue weighted by molar-refractivity contribution is 0.112.